The van der Waals surface area contributed by atoms with Gasteiger partial charge in [0.15, 0.2) is 4.96 Å². The maximum absolute atomic E-state index is 12.5. The zero-order chi connectivity index (χ0) is 18.8. The fourth-order valence-electron chi connectivity index (χ4n) is 2.29. The lowest BCUT2D eigenvalue weighted by atomic mass is 10.1. The third-order valence-corrected chi connectivity index (χ3v) is 4.64. The summed E-state index contributed by atoms with van der Waals surface area (Å²) in [6, 6.07) is 5.17. The van der Waals surface area contributed by atoms with Gasteiger partial charge in [0.25, 0.3) is 11.5 Å². The molecule has 2 N–H and O–H groups in total. The monoisotopic (exact) mass is 370 g/mol. The third-order valence-electron chi connectivity index (χ3n) is 3.87. The number of thiazole rings is 1. The van der Waals surface area contributed by atoms with Crippen LogP contribution in [0.1, 0.15) is 29.8 Å². The van der Waals surface area contributed by atoms with Crippen molar-refractivity contribution < 1.29 is 9.59 Å². The summed E-state index contributed by atoms with van der Waals surface area (Å²) in [5.41, 5.74) is 1.50. The number of nitrogens with one attached hydrogen (secondary N) is 2. The summed E-state index contributed by atoms with van der Waals surface area (Å²) >= 11 is 1.32. The fourth-order valence-corrected chi connectivity index (χ4v) is 2.97. The molecule has 2 heterocycles. The molecule has 2 aromatic heterocycles. The summed E-state index contributed by atoms with van der Waals surface area (Å²) in [7, 11) is 0. The van der Waals surface area contributed by atoms with Gasteiger partial charge in [0.05, 0.1) is 0 Å². The predicted molar refractivity (Wildman–Crippen MR) is 102 cm³/mol. The highest BCUT2D eigenvalue weighted by atomic mass is 32.1. The van der Waals surface area contributed by atoms with Gasteiger partial charge in [0, 0.05) is 35.1 Å². The predicted octanol–water partition coefficient (Wildman–Crippen LogP) is 2.91. The van der Waals surface area contributed by atoms with E-state index in [1.165, 1.54) is 21.9 Å². The lowest BCUT2D eigenvalue weighted by Gasteiger charge is -2.13. The summed E-state index contributed by atoms with van der Waals surface area (Å²) in [6.07, 6.45) is 2.86. The Labute approximate surface area is 153 Å². The minimum atomic E-state index is -0.548. The summed E-state index contributed by atoms with van der Waals surface area (Å²) in [4.78, 5) is 41.4. The van der Waals surface area contributed by atoms with Crippen LogP contribution in [0, 0.1) is 12.8 Å². The van der Waals surface area contributed by atoms with Gasteiger partial charge in [-0.15, -0.1) is 11.3 Å². The molecule has 0 saturated carbocycles. The molecule has 3 rings (SSSR count). The van der Waals surface area contributed by atoms with Crippen LogP contribution in [0.15, 0.2) is 40.8 Å². The Hall–Kier alpha value is -3.00. The van der Waals surface area contributed by atoms with Crippen LogP contribution in [-0.4, -0.2) is 21.2 Å². The lowest BCUT2D eigenvalue weighted by molar-refractivity contribution is -0.118. The topological polar surface area (TPSA) is 92.6 Å². The van der Waals surface area contributed by atoms with E-state index >= 15 is 0 Å². The Balaban J connectivity index is 1.86. The zero-order valence-electron chi connectivity index (χ0n) is 14.6. The van der Waals surface area contributed by atoms with Gasteiger partial charge in [0.1, 0.15) is 5.56 Å². The lowest BCUT2D eigenvalue weighted by Crippen LogP contribution is -2.26. The minimum absolute atomic E-state index is 0.0470. The number of aromatic nitrogens is 2. The Morgan fingerprint density at radius 2 is 2.00 bits per heavy atom. The molecule has 2 amide bonds. The van der Waals surface area contributed by atoms with E-state index in [1.54, 1.807) is 43.6 Å². The number of aryl methyl sites for hydroxylation is 1. The van der Waals surface area contributed by atoms with Crippen molar-refractivity contribution in [1.82, 2.24) is 9.38 Å². The van der Waals surface area contributed by atoms with Crippen LogP contribution in [0.3, 0.4) is 0 Å². The second-order valence-corrected chi connectivity index (χ2v) is 7.03. The van der Waals surface area contributed by atoms with Crippen molar-refractivity contribution >= 4 is 39.5 Å². The molecule has 1 aromatic carbocycles. The van der Waals surface area contributed by atoms with E-state index in [9.17, 15) is 14.4 Å². The second-order valence-electron chi connectivity index (χ2n) is 6.16. The number of carbonyl (C=O) groups excluding carboxylic acids is 2. The summed E-state index contributed by atoms with van der Waals surface area (Å²) < 4.78 is 1.34. The van der Waals surface area contributed by atoms with Gasteiger partial charge in [0.2, 0.25) is 5.91 Å². The quantitative estimate of drug-likeness (QED) is 0.738. The highest BCUT2D eigenvalue weighted by Gasteiger charge is 2.15. The highest BCUT2D eigenvalue weighted by molar-refractivity contribution is 7.15. The molecule has 0 aliphatic rings. The molecule has 0 spiro atoms. The molecular weight excluding hydrogens is 352 g/mol. The molecule has 134 valence electrons. The van der Waals surface area contributed by atoms with E-state index in [0.717, 1.165) is 5.56 Å². The standard InChI is InChI=1S/C18H18N4O3S/c1-10(2)15(23)21-14-8-12(5-4-11(14)3)20-16(24)13-9-19-18-22(17(13)25)6-7-26-18/h4-10H,1-3H3,(H,20,24)(H,21,23). The molecule has 8 heteroatoms. The minimum Gasteiger partial charge on any atom is -0.326 e. The van der Waals surface area contributed by atoms with Crippen molar-refractivity contribution in [3.8, 4) is 0 Å². The molecule has 26 heavy (non-hydrogen) atoms. The first-order chi connectivity index (χ1) is 12.4. The molecule has 7 nitrogen and oxygen atoms in total. The molecule has 0 aliphatic carbocycles. The van der Waals surface area contributed by atoms with Crippen molar-refractivity contribution in [2.45, 2.75) is 20.8 Å². The number of amides is 2. The van der Waals surface area contributed by atoms with Gasteiger partial charge in [-0.05, 0) is 24.6 Å². The Morgan fingerprint density at radius 1 is 1.23 bits per heavy atom. The van der Waals surface area contributed by atoms with Crippen LogP contribution in [0.5, 0.6) is 0 Å². The van der Waals surface area contributed by atoms with Crippen LogP contribution < -0.4 is 16.2 Å². The van der Waals surface area contributed by atoms with E-state index in [2.05, 4.69) is 15.6 Å². The molecule has 0 unspecified atom stereocenters. The summed E-state index contributed by atoms with van der Waals surface area (Å²) in [6.45, 7) is 5.47. The number of hydrogen-bond donors (Lipinski definition) is 2. The maximum atomic E-state index is 12.5. The van der Waals surface area contributed by atoms with Crippen LogP contribution in [-0.2, 0) is 4.79 Å². The fraction of sp³-hybridized carbons (Fsp3) is 0.222. The normalized spacial score (nSPS) is 10.9. The molecule has 0 atom stereocenters. The van der Waals surface area contributed by atoms with E-state index in [1.807, 2.05) is 6.92 Å². The van der Waals surface area contributed by atoms with Crippen molar-refractivity contribution in [2.75, 3.05) is 10.6 Å². The second kappa shape index (κ2) is 7.09. The van der Waals surface area contributed by atoms with E-state index < -0.39 is 11.5 Å². The van der Waals surface area contributed by atoms with Crippen LogP contribution in [0.2, 0.25) is 0 Å². The van der Waals surface area contributed by atoms with Gasteiger partial charge >= 0.3 is 0 Å². The number of rotatable bonds is 4. The average molecular weight is 370 g/mol. The number of hydrogen-bond acceptors (Lipinski definition) is 5. The Bertz CT molecular complexity index is 1050. The smallest absolute Gasteiger partial charge is 0.271 e. The van der Waals surface area contributed by atoms with Crippen LogP contribution in [0.4, 0.5) is 11.4 Å². The number of anilines is 2. The van der Waals surface area contributed by atoms with E-state index in [4.69, 9.17) is 0 Å². The highest BCUT2D eigenvalue weighted by Crippen LogP contribution is 2.21. The van der Waals surface area contributed by atoms with Gasteiger partial charge in [-0.3, -0.25) is 18.8 Å². The number of carbonyl (C=O) groups is 2. The third kappa shape index (κ3) is 3.50. The molecule has 0 fully saturated rings. The maximum Gasteiger partial charge on any atom is 0.271 e. The molecule has 3 aromatic rings. The van der Waals surface area contributed by atoms with Gasteiger partial charge < -0.3 is 10.6 Å². The first kappa shape index (κ1) is 17.8. The number of nitrogens with zero attached hydrogens (tertiary/aromatic N) is 2. The van der Waals surface area contributed by atoms with Gasteiger partial charge in [-0.25, -0.2) is 4.98 Å². The molecular formula is C18H18N4O3S. The molecule has 0 radical (unpaired) electrons. The summed E-state index contributed by atoms with van der Waals surface area (Å²) in [5.74, 6) is -0.814. The van der Waals surface area contributed by atoms with Crippen molar-refractivity contribution in [2.24, 2.45) is 5.92 Å². The van der Waals surface area contributed by atoms with Crippen molar-refractivity contribution in [3.05, 3.63) is 57.5 Å². The Morgan fingerprint density at radius 3 is 2.73 bits per heavy atom. The number of fused-ring (bicyclic) bond motifs is 1. The first-order valence-corrected chi connectivity index (χ1v) is 8.92. The molecule has 0 saturated heterocycles. The van der Waals surface area contributed by atoms with Crippen molar-refractivity contribution in [1.29, 1.82) is 0 Å². The average Bonchev–Trinajstić information content (AvgIpc) is 3.07. The van der Waals surface area contributed by atoms with E-state index in [-0.39, 0.29) is 17.4 Å². The molecule has 0 bridgehead atoms. The largest absolute Gasteiger partial charge is 0.326 e. The van der Waals surface area contributed by atoms with Crippen LogP contribution in [0.25, 0.3) is 4.96 Å². The summed E-state index contributed by atoms with van der Waals surface area (Å²) in [5, 5.41) is 7.25. The van der Waals surface area contributed by atoms with Crippen molar-refractivity contribution in [3.63, 3.8) is 0 Å². The number of benzene rings is 1. The van der Waals surface area contributed by atoms with E-state index in [0.29, 0.717) is 16.3 Å². The van der Waals surface area contributed by atoms with Crippen LogP contribution >= 0.6 is 11.3 Å². The molecule has 0 aliphatic heterocycles. The Kier molecular flexibility index (Phi) is 4.85. The zero-order valence-corrected chi connectivity index (χ0v) is 15.4. The SMILES string of the molecule is Cc1ccc(NC(=O)c2cnc3sccn3c2=O)cc1NC(=O)C(C)C. The first-order valence-electron chi connectivity index (χ1n) is 8.04. The van der Waals surface area contributed by atoms with Gasteiger partial charge in [-0.1, -0.05) is 19.9 Å². The van der Waals surface area contributed by atoms with Gasteiger partial charge in [-0.2, -0.15) is 0 Å².